The Balaban J connectivity index is 2.63. The summed E-state index contributed by atoms with van der Waals surface area (Å²) in [6, 6.07) is 7.19. The van der Waals surface area contributed by atoms with Crippen LogP contribution in [0.3, 0.4) is 0 Å². The van der Waals surface area contributed by atoms with Crippen molar-refractivity contribution >= 4 is 23.7 Å². The predicted molar refractivity (Wildman–Crippen MR) is 84.9 cm³/mol. The van der Waals surface area contributed by atoms with E-state index in [0.717, 1.165) is 5.56 Å². The van der Waals surface area contributed by atoms with Gasteiger partial charge in [0, 0.05) is 11.6 Å². The van der Waals surface area contributed by atoms with E-state index in [2.05, 4.69) is 5.32 Å². The molecule has 0 heterocycles. The number of methoxy groups -OCH3 is 1. The highest BCUT2D eigenvalue weighted by Gasteiger charge is 2.22. The zero-order valence-corrected chi connectivity index (χ0v) is 14.1. The van der Waals surface area contributed by atoms with Crippen LogP contribution < -0.4 is 5.32 Å². The second-order valence-corrected chi connectivity index (χ2v) is 6.37. The Morgan fingerprint density at radius 1 is 1.23 bits per heavy atom. The third-order valence-corrected chi connectivity index (χ3v) is 3.07. The van der Waals surface area contributed by atoms with Crippen molar-refractivity contribution in [2.75, 3.05) is 13.7 Å². The van der Waals surface area contributed by atoms with Crippen molar-refractivity contribution in [1.82, 2.24) is 5.32 Å². The van der Waals surface area contributed by atoms with Crippen molar-refractivity contribution in [3.05, 3.63) is 34.9 Å². The minimum Gasteiger partial charge on any atom is -0.469 e. The van der Waals surface area contributed by atoms with Crippen LogP contribution in [0.2, 0.25) is 5.02 Å². The fourth-order valence-corrected chi connectivity index (χ4v) is 1.96. The molecule has 122 valence electrons. The number of rotatable bonds is 5. The number of benzene rings is 1. The van der Waals surface area contributed by atoms with Gasteiger partial charge in [0.15, 0.2) is 0 Å². The number of carbonyl (C=O) groups is 2. The Kier molecular flexibility index (Phi) is 6.68. The predicted octanol–water partition coefficient (Wildman–Crippen LogP) is 3.20. The molecule has 0 saturated heterocycles. The van der Waals surface area contributed by atoms with Gasteiger partial charge in [-0.1, -0.05) is 23.7 Å². The Labute approximate surface area is 135 Å². The molecule has 0 aromatic heterocycles. The van der Waals surface area contributed by atoms with Crippen LogP contribution in [0, 0.1) is 5.92 Å². The summed E-state index contributed by atoms with van der Waals surface area (Å²) in [4.78, 5) is 23.5. The number of alkyl carbamates (subject to hydrolysis) is 1. The highest BCUT2D eigenvalue weighted by Crippen LogP contribution is 2.14. The summed E-state index contributed by atoms with van der Waals surface area (Å²) in [5.74, 6) is -0.871. The molecule has 0 bridgehead atoms. The monoisotopic (exact) mass is 327 g/mol. The molecule has 0 aliphatic heterocycles. The number of esters is 1. The number of nitrogens with one attached hydrogen (secondary N) is 1. The quantitative estimate of drug-likeness (QED) is 0.843. The molecular weight excluding hydrogens is 306 g/mol. The molecule has 22 heavy (non-hydrogen) atoms. The van der Waals surface area contributed by atoms with Crippen LogP contribution in [0.1, 0.15) is 26.3 Å². The lowest BCUT2D eigenvalue weighted by Crippen LogP contribution is -2.38. The van der Waals surface area contributed by atoms with Gasteiger partial charge in [-0.25, -0.2) is 4.79 Å². The van der Waals surface area contributed by atoms with Gasteiger partial charge in [-0.05, 0) is 44.9 Å². The first kappa shape index (κ1) is 18.3. The zero-order chi connectivity index (χ0) is 16.8. The van der Waals surface area contributed by atoms with E-state index < -0.39 is 17.6 Å². The van der Waals surface area contributed by atoms with E-state index >= 15 is 0 Å². The summed E-state index contributed by atoms with van der Waals surface area (Å²) in [5.41, 5.74) is 0.354. The van der Waals surface area contributed by atoms with E-state index in [1.807, 2.05) is 12.1 Å². The van der Waals surface area contributed by atoms with Gasteiger partial charge in [-0.15, -0.1) is 0 Å². The van der Waals surface area contributed by atoms with Crippen molar-refractivity contribution in [2.45, 2.75) is 32.8 Å². The number of hydrogen-bond acceptors (Lipinski definition) is 4. The number of hydrogen-bond donors (Lipinski definition) is 1. The van der Waals surface area contributed by atoms with E-state index in [0.29, 0.717) is 11.4 Å². The Hall–Kier alpha value is -1.75. The van der Waals surface area contributed by atoms with Crippen molar-refractivity contribution in [3.8, 4) is 0 Å². The molecule has 1 atom stereocenters. The third kappa shape index (κ3) is 6.80. The summed E-state index contributed by atoms with van der Waals surface area (Å²) >= 11 is 5.84. The van der Waals surface area contributed by atoms with Crippen LogP contribution in [0.25, 0.3) is 0 Å². The topological polar surface area (TPSA) is 64.6 Å². The summed E-state index contributed by atoms with van der Waals surface area (Å²) < 4.78 is 9.93. The lowest BCUT2D eigenvalue weighted by atomic mass is 9.99. The Morgan fingerprint density at radius 2 is 1.82 bits per heavy atom. The SMILES string of the molecule is COC(=O)[C@@H](CNC(=O)OC(C)(C)C)Cc1ccc(Cl)cc1. The molecule has 1 aromatic rings. The molecule has 1 rings (SSSR count). The maximum atomic E-state index is 11.8. The average Bonchev–Trinajstić information content (AvgIpc) is 2.42. The molecule has 0 aliphatic rings. The Bertz CT molecular complexity index is 508. The van der Waals surface area contributed by atoms with Crippen LogP contribution in [0.4, 0.5) is 4.79 Å². The van der Waals surface area contributed by atoms with Crippen molar-refractivity contribution < 1.29 is 19.1 Å². The van der Waals surface area contributed by atoms with E-state index in [1.54, 1.807) is 32.9 Å². The first-order valence-corrected chi connectivity index (χ1v) is 7.38. The second-order valence-electron chi connectivity index (χ2n) is 5.93. The normalized spacial score (nSPS) is 12.4. The first-order chi connectivity index (χ1) is 10.2. The highest BCUT2D eigenvalue weighted by molar-refractivity contribution is 6.30. The lowest BCUT2D eigenvalue weighted by molar-refractivity contribution is -0.145. The van der Waals surface area contributed by atoms with E-state index in [4.69, 9.17) is 21.1 Å². The number of carbonyl (C=O) groups excluding carboxylic acids is 2. The van der Waals surface area contributed by atoms with Gasteiger partial charge in [-0.3, -0.25) is 4.79 Å². The number of halogens is 1. The van der Waals surface area contributed by atoms with Gasteiger partial charge in [0.05, 0.1) is 13.0 Å². The summed E-state index contributed by atoms with van der Waals surface area (Å²) in [6.07, 6.45) is -0.114. The summed E-state index contributed by atoms with van der Waals surface area (Å²) in [5, 5.41) is 3.23. The van der Waals surface area contributed by atoms with Gasteiger partial charge < -0.3 is 14.8 Å². The van der Waals surface area contributed by atoms with Gasteiger partial charge in [0.2, 0.25) is 0 Å². The zero-order valence-electron chi connectivity index (χ0n) is 13.3. The lowest BCUT2D eigenvalue weighted by Gasteiger charge is -2.21. The molecule has 0 unspecified atom stereocenters. The van der Waals surface area contributed by atoms with Crippen LogP contribution in [-0.2, 0) is 20.7 Å². The van der Waals surface area contributed by atoms with E-state index in [1.165, 1.54) is 7.11 Å². The minimum atomic E-state index is -0.582. The van der Waals surface area contributed by atoms with Crippen LogP contribution in [0.5, 0.6) is 0 Å². The average molecular weight is 328 g/mol. The van der Waals surface area contributed by atoms with Crippen molar-refractivity contribution in [1.29, 1.82) is 0 Å². The molecule has 0 saturated carbocycles. The molecule has 0 radical (unpaired) electrons. The van der Waals surface area contributed by atoms with Gasteiger partial charge >= 0.3 is 12.1 Å². The molecule has 5 nitrogen and oxygen atoms in total. The molecule has 6 heteroatoms. The fraction of sp³-hybridized carbons (Fsp3) is 0.500. The molecule has 0 spiro atoms. The van der Waals surface area contributed by atoms with Gasteiger partial charge in [0.1, 0.15) is 5.60 Å². The van der Waals surface area contributed by atoms with E-state index in [9.17, 15) is 9.59 Å². The minimum absolute atomic E-state index is 0.143. The maximum Gasteiger partial charge on any atom is 0.407 e. The fourth-order valence-electron chi connectivity index (χ4n) is 1.83. The van der Waals surface area contributed by atoms with Gasteiger partial charge in [-0.2, -0.15) is 0 Å². The maximum absolute atomic E-state index is 11.8. The molecule has 1 amide bonds. The largest absolute Gasteiger partial charge is 0.469 e. The number of amides is 1. The highest BCUT2D eigenvalue weighted by atomic mass is 35.5. The van der Waals surface area contributed by atoms with Crippen LogP contribution in [-0.4, -0.2) is 31.3 Å². The second kappa shape index (κ2) is 8.03. The Morgan fingerprint density at radius 3 is 2.32 bits per heavy atom. The van der Waals surface area contributed by atoms with Gasteiger partial charge in [0.25, 0.3) is 0 Å². The smallest absolute Gasteiger partial charge is 0.407 e. The summed E-state index contributed by atoms with van der Waals surface area (Å²) in [7, 11) is 1.32. The molecule has 1 N–H and O–H groups in total. The molecule has 0 aliphatic carbocycles. The first-order valence-electron chi connectivity index (χ1n) is 7.00. The third-order valence-electron chi connectivity index (χ3n) is 2.82. The van der Waals surface area contributed by atoms with Crippen molar-refractivity contribution in [3.63, 3.8) is 0 Å². The molecular formula is C16H22ClNO4. The van der Waals surface area contributed by atoms with Crippen molar-refractivity contribution in [2.24, 2.45) is 5.92 Å². The standard InChI is InChI=1S/C16H22ClNO4/c1-16(2,3)22-15(20)18-10-12(14(19)21-4)9-11-5-7-13(17)8-6-11/h5-8,12H,9-10H2,1-4H3,(H,18,20)/t12-/m1/s1. The number of ether oxygens (including phenoxy) is 2. The van der Waals surface area contributed by atoms with E-state index in [-0.39, 0.29) is 12.5 Å². The summed E-state index contributed by atoms with van der Waals surface area (Å²) in [6.45, 7) is 5.47. The molecule has 0 fully saturated rings. The van der Waals surface area contributed by atoms with Crippen LogP contribution >= 0.6 is 11.6 Å². The van der Waals surface area contributed by atoms with Crippen LogP contribution in [0.15, 0.2) is 24.3 Å². The molecule has 1 aromatic carbocycles.